The van der Waals surface area contributed by atoms with Crippen LogP contribution >= 0.6 is 0 Å². The number of piperidine rings is 1. The van der Waals surface area contributed by atoms with Gasteiger partial charge in [-0.25, -0.2) is 4.79 Å². The Morgan fingerprint density at radius 3 is 2.76 bits per heavy atom. The molecule has 2 saturated heterocycles. The molecule has 1 atom stereocenters. The predicted octanol–water partition coefficient (Wildman–Crippen LogP) is 1.36. The van der Waals surface area contributed by atoms with Crippen LogP contribution in [0.15, 0.2) is 18.5 Å². The summed E-state index contributed by atoms with van der Waals surface area (Å²) < 4.78 is 11.9. The van der Waals surface area contributed by atoms with Gasteiger partial charge in [0.1, 0.15) is 12.6 Å². The Bertz CT molecular complexity index is 520. The number of carbonyl (C=O) groups excluding carboxylic acids is 2. The Balaban J connectivity index is 1.63. The first-order valence-corrected chi connectivity index (χ1v) is 7.27. The fraction of sp³-hybridized carbons (Fsp3) is 0.643. The van der Waals surface area contributed by atoms with Crippen molar-refractivity contribution in [2.45, 2.75) is 37.8 Å². The van der Waals surface area contributed by atoms with Gasteiger partial charge in [0.05, 0.1) is 0 Å². The molecule has 1 spiro atoms. The fourth-order valence-electron chi connectivity index (χ4n) is 2.96. The van der Waals surface area contributed by atoms with Crippen LogP contribution in [-0.2, 0) is 14.3 Å². The van der Waals surface area contributed by atoms with E-state index in [4.69, 9.17) is 9.47 Å². The molecule has 0 N–H and O–H groups in total. The van der Waals surface area contributed by atoms with Crippen LogP contribution in [0.25, 0.3) is 0 Å². The number of ether oxygens (including phenoxy) is 2. The maximum atomic E-state index is 12.6. The number of nitrogens with zero attached hydrogens (tertiary/aromatic N) is 3. The van der Waals surface area contributed by atoms with Crippen LogP contribution in [0.3, 0.4) is 0 Å². The van der Waals surface area contributed by atoms with Crippen LogP contribution in [0.1, 0.15) is 32.2 Å². The average Bonchev–Trinajstić information content (AvgIpc) is 3.12. The van der Waals surface area contributed by atoms with Crippen molar-refractivity contribution in [1.82, 2.24) is 14.7 Å². The molecule has 21 heavy (non-hydrogen) atoms. The summed E-state index contributed by atoms with van der Waals surface area (Å²) in [6.45, 7) is 3.42. The fourth-order valence-corrected chi connectivity index (χ4v) is 2.96. The minimum atomic E-state index is -0.599. The average molecular weight is 293 g/mol. The summed E-state index contributed by atoms with van der Waals surface area (Å²) in [6.07, 6.45) is 4.83. The number of rotatable bonds is 3. The van der Waals surface area contributed by atoms with Crippen molar-refractivity contribution < 1.29 is 19.1 Å². The standard InChI is InChI=1S/C14H19N3O4/c1-2-11(17-7-3-6-15-17)12(18)16-8-4-14(5-9-16)10-20-13(19)21-14/h3,6-7,11H,2,4-5,8-10H2,1H3/t11-/m0/s1. The van der Waals surface area contributed by atoms with Gasteiger partial charge in [0.15, 0.2) is 5.60 Å². The maximum Gasteiger partial charge on any atom is 0.509 e. The van der Waals surface area contributed by atoms with Crippen LogP contribution in [0.5, 0.6) is 0 Å². The monoisotopic (exact) mass is 293 g/mol. The minimum absolute atomic E-state index is 0.0706. The summed E-state index contributed by atoms with van der Waals surface area (Å²) in [5, 5.41) is 4.16. The highest BCUT2D eigenvalue weighted by Gasteiger charge is 2.45. The minimum Gasteiger partial charge on any atom is -0.430 e. The van der Waals surface area contributed by atoms with E-state index in [2.05, 4.69) is 5.10 Å². The lowest BCUT2D eigenvalue weighted by atomic mass is 9.92. The Morgan fingerprint density at radius 2 is 2.24 bits per heavy atom. The number of aromatic nitrogens is 2. The van der Waals surface area contributed by atoms with Crippen LogP contribution in [0, 0.1) is 0 Å². The largest absolute Gasteiger partial charge is 0.509 e. The Labute approximate surface area is 122 Å². The summed E-state index contributed by atoms with van der Waals surface area (Å²) in [4.78, 5) is 25.6. The van der Waals surface area contributed by atoms with Crippen LogP contribution in [-0.4, -0.2) is 52.0 Å². The lowest BCUT2D eigenvalue weighted by Crippen LogP contribution is -2.49. The van der Waals surface area contributed by atoms with E-state index >= 15 is 0 Å². The van der Waals surface area contributed by atoms with E-state index in [-0.39, 0.29) is 11.9 Å². The Kier molecular flexibility index (Phi) is 3.57. The Morgan fingerprint density at radius 1 is 1.48 bits per heavy atom. The third-order valence-corrected chi connectivity index (χ3v) is 4.26. The van der Waals surface area contributed by atoms with Crippen molar-refractivity contribution in [1.29, 1.82) is 0 Å². The van der Waals surface area contributed by atoms with E-state index in [1.807, 2.05) is 24.1 Å². The van der Waals surface area contributed by atoms with Crippen molar-refractivity contribution in [3.8, 4) is 0 Å². The first kappa shape index (κ1) is 13.9. The third-order valence-electron chi connectivity index (χ3n) is 4.26. The number of carbonyl (C=O) groups is 2. The highest BCUT2D eigenvalue weighted by molar-refractivity contribution is 5.80. The summed E-state index contributed by atoms with van der Waals surface area (Å²) in [5.41, 5.74) is -0.527. The number of hydrogen-bond donors (Lipinski definition) is 0. The van der Waals surface area contributed by atoms with Crippen LogP contribution < -0.4 is 0 Å². The molecule has 0 aliphatic carbocycles. The second-order valence-electron chi connectivity index (χ2n) is 5.56. The van der Waals surface area contributed by atoms with Crippen molar-refractivity contribution >= 4 is 12.1 Å². The molecule has 2 aliphatic rings. The van der Waals surface area contributed by atoms with Gasteiger partial charge in [0.25, 0.3) is 0 Å². The van der Waals surface area contributed by atoms with Gasteiger partial charge in [-0.3, -0.25) is 9.48 Å². The van der Waals surface area contributed by atoms with Gasteiger partial charge in [-0.05, 0) is 12.5 Å². The SMILES string of the molecule is CC[C@@H](C(=O)N1CCC2(CC1)COC(=O)O2)n1cccn1. The molecule has 7 heteroatoms. The van der Waals surface area contributed by atoms with Gasteiger partial charge in [0, 0.05) is 38.3 Å². The van der Waals surface area contributed by atoms with E-state index < -0.39 is 11.8 Å². The number of hydrogen-bond acceptors (Lipinski definition) is 5. The molecule has 2 fully saturated rings. The molecule has 1 aromatic heterocycles. The second kappa shape index (κ2) is 5.38. The van der Waals surface area contributed by atoms with E-state index in [0.717, 1.165) is 0 Å². The van der Waals surface area contributed by atoms with Gasteiger partial charge in [-0.15, -0.1) is 0 Å². The Hall–Kier alpha value is -2.05. The highest BCUT2D eigenvalue weighted by atomic mass is 16.8. The van der Waals surface area contributed by atoms with Gasteiger partial charge >= 0.3 is 6.16 Å². The van der Waals surface area contributed by atoms with E-state index in [1.54, 1.807) is 10.9 Å². The number of cyclic esters (lactones) is 1. The first-order chi connectivity index (χ1) is 10.1. The van der Waals surface area contributed by atoms with Crippen molar-refractivity contribution in [3.05, 3.63) is 18.5 Å². The molecule has 0 unspecified atom stereocenters. The highest BCUT2D eigenvalue weighted by Crippen LogP contribution is 2.32. The molecule has 1 amide bonds. The summed E-state index contributed by atoms with van der Waals surface area (Å²) >= 11 is 0. The summed E-state index contributed by atoms with van der Waals surface area (Å²) in [5.74, 6) is 0.0706. The molecule has 7 nitrogen and oxygen atoms in total. The molecule has 0 radical (unpaired) electrons. The lowest BCUT2D eigenvalue weighted by Gasteiger charge is -2.37. The number of amides is 1. The molecular weight excluding hydrogens is 274 g/mol. The smallest absolute Gasteiger partial charge is 0.430 e. The zero-order chi connectivity index (χ0) is 14.9. The van der Waals surface area contributed by atoms with E-state index in [0.29, 0.717) is 39.0 Å². The normalized spacial score (nSPS) is 22.0. The molecule has 0 saturated carbocycles. The van der Waals surface area contributed by atoms with Crippen molar-refractivity contribution in [2.24, 2.45) is 0 Å². The molecule has 3 heterocycles. The topological polar surface area (TPSA) is 73.7 Å². The van der Waals surface area contributed by atoms with Crippen LogP contribution in [0.4, 0.5) is 4.79 Å². The van der Waals surface area contributed by atoms with Crippen molar-refractivity contribution in [2.75, 3.05) is 19.7 Å². The quantitative estimate of drug-likeness (QED) is 0.787. The van der Waals surface area contributed by atoms with Gasteiger partial charge in [0.2, 0.25) is 5.91 Å². The maximum absolute atomic E-state index is 12.6. The summed E-state index contributed by atoms with van der Waals surface area (Å²) in [6, 6.07) is 1.55. The van der Waals surface area contributed by atoms with Crippen LogP contribution in [0.2, 0.25) is 0 Å². The summed E-state index contributed by atoms with van der Waals surface area (Å²) in [7, 11) is 0. The number of likely N-dealkylation sites (tertiary alicyclic amines) is 1. The molecule has 3 rings (SSSR count). The molecule has 2 aliphatic heterocycles. The second-order valence-corrected chi connectivity index (χ2v) is 5.56. The predicted molar refractivity (Wildman–Crippen MR) is 72.5 cm³/mol. The zero-order valence-electron chi connectivity index (χ0n) is 12.0. The van der Waals surface area contributed by atoms with E-state index in [9.17, 15) is 9.59 Å². The molecule has 114 valence electrons. The zero-order valence-corrected chi connectivity index (χ0v) is 12.0. The van der Waals surface area contributed by atoms with Gasteiger partial charge < -0.3 is 14.4 Å². The molecular formula is C14H19N3O4. The van der Waals surface area contributed by atoms with E-state index in [1.165, 1.54) is 0 Å². The first-order valence-electron chi connectivity index (χ1n) is 7.27. The lowest BCUT2D eigenvalue weighted by molar-refractivity contribution is -0.138. The van der Waals surface area contributed by atoms with Crippen molar-refractivity contribution in [3.63, 3.8) is 0 Å². The molecule has 0 bridgehead atoms. The molecule has 1 aromatic rings. The van der Waals surface area contributed by atoms with Gasteiger partial charge in [-0.1, -0.05) is 6.92 Å². The third kappa shape index (κ3) is 2.59. The van der Waals surface area contributed by atoms with Gasteiger partial charge in [-0.2, -0.15) is 5.10 Å². The molecule has 0 aromatic carbocycles.